The van der Waals surface area contributed by atoms with Crippen LogP contribution < -0.4 is 15.5 Å². The topological polar surface area (TPSA) is 70.7 Å². The fourth-order valence-electron chi connectivity index (χ4n) is 5.24. The number of halogens is 1. The molecule has 0 aromatic heterocycles. The van der Waals surface area contributed by atoms with Crippen molar-refractivity contribution in [2.45, 2.75) is 70.6 Å². The monoisotopic (exact) mass is 481 g/mol. The lowest BCUT2D eigenvalue weighted by Crippen LogP contribution is -2.52. The van der Waals surface area contributed by atoms with Crippen molar-refractivity contribution >= 4 is 17.7 Å². The molecule has 1 heterocycles. The zero-order valence-corrected chi connectivity index (χ0v) is 20.5. The van der Waals surface area contributed by atoms with Gasteiger partial charge in [-0.3, -0.25) is 4.79 Å². The lowest BCUT2D eigenvalue weighted by atomic mass is 9.84. The Morgan fingerprint density at radius 3 is 2.63 bits per heavy atom. The van der Waals surface area contributed by atoms with Gasteiger partial charge in [-0.15, -0.1) is 0 Å². The van der Waals surface area contributed by atoms with Gasteiger partial charge in [-0.1, -0.05) is 62.4 Å². The molecule has 0 spiro atoms. The summed E-state index contributed by atoms with van der Waals surface area (Å²) in [6.45, 7) is 3.55. The summed E-state index contributed by atoms with van der Waals surface area (Å²) in [6.07, 6.45) is 6.58. The van der Waals surface area contributed by atoms with E-state index in [1.165, 1.54) is 25.3 Å². The molecule has 2 aliphatic rings. The molecule has 4 rings (SSSR count). The number of anilines is 1. The lowest BCUT2D eigenvalue weighted by Gasteiger charge is -2.29. The maximum absolute atomic E-state index is 13.5. The third kappa shape index (κ3) is 7.20. The van der Waals surface area contributed by atoms with Gasteiger partial charge in [-0.2, -0.15) is 0 Å². The SMILES string of the molecule is C[C@@H](CN1CCc2cc(F)ccc21)NC(=O)C(CC1CCCCC1)NC(=O)OCc1ccccc1. The van der Waals surface area contributed by atoms with Crippen LogP contribution in [0.5, 0.6) is 0 Å². The molecule has 0 radical (unpaired) electrons. The highest BCUT2D eigenvalue weighted by molar-refractivity contribution is 5.85. The van der Waals surface area contributed by atoms with Gasteiger partial charge in [0.15, 0.2) is 0 Å². The number of ether oxygens (including phenoxy) is 1. The molecule has 2 atom stereocenters. The van der Waals surface area contributed by atoms with Crippen molar-refractivity contribution in [2.24, 2.45) is 5.92 Å². The second kappa shape index (κ2) is 12.0. The molecular formula is C28H36FN3O3. The minimum atomic E-state index is -0.635. The highest BCUT2D eigenvalue weighted by Crippen LogP contribution is 2.29. The van der Waals surface area contributed by atoms with E-state index in [2.05, 4.69) is 15.5 Å². The molecule has 6 nitrogen and oxygen atoms in total. The molecule has 35 heavy (non-hydrogen) atoms. The number of rotatable bonds is 9. The molecule has 1 fully saturated rings. The molecule has 1 aliphatic heterocycles. The van der Waals surface area contributed by atoms with E-state index in [9.17, 15) is 14.0 Å². The minimum Gasteiger partial charge on any atom is -0.445 e. The van der Waals surface area contributed by atoms with Gasteiger partial charge in [-0.05, 0) is 55.0 Å². The van der Waals surface area contributed by atoms with Crippen molar-refractivity contribution in [3.05, 3.63) is 65.5 Å². The van der Waals surface area contributed by atoms with Crippen LogP contribution in [0, 0.1) is 11.7 Å². The van der Waals surface area contributed by atoms with Crippen LogP contribution in [0.25, 0.3) is 0 Å². The number of hydrogen-bond donors (Lipinski definition) is 2. The van der Waals surface area contributed by atoms with Crippen LogP contribution >= 0.6 is 0 Å². The zero-order chi connectivity index (χ0) is 24.6. The number of alkyl carbamates (subject to hydrolysis) is 1. The molecule has 1 aliphatic carbocycles. The summed E-state index contributed by atoms with van der Waals surface area (Å²) in [5, 5.41) is 5.92. The van der Waals surface area contributed by atoms with Crippen molar-refractivity contribution in [1.82, 2.24) is 10.6 Å². The Labute approximate surface area is 207 Å². The van der Waals surface area contributed by atoms with Crippen LogP contribution in [0.15, 0.2) is 48.5 Å². The van der Waals surface area contributed by atoms with E-state index >= 15 is 0 Å². The first-order valence-electron chi connectivity index (χ1n) is 12.8. The molecule has 0 bridgehead atoms. The Balaban J connectivity index is 1.33. The summed E-state index contributed by atoms with van der Waals surface area (Å²) in [4.78, 5) is 28.0. The highest BCUT2D eigenvalue weighted by Gasteiger charge is 2.28. The Bertz CT molecular complexity index is 994. The quantitative estimate of drug-likeness (QED) is 0.531. The van der Waals surface area contributed by atoms with Crippen molar-refractivity contribution < 1.29 is 18.7 Å². The molecule has 1 saturated carbocycles. The van der Waals surface area contributed by atoms with Gasteiger partial charge in [-0.25, -0.2) is 9.18 Å². The maximum atomic E-state index is 13.5. The Morgan fingerprint density at radius 1 is 1.09 bits per heavy atom. The molecular weight excluding hydrogens is 445 g/mol. The Morgan fingerprint density at radius 2 is 1.86 bits per heavy atom. The summed E-state index contributed by atoms with van der Waals surface area (Å²) in [6, 6.07) is 13.6. The zero-order valence-electron chi connectivity index (χ0n) is 20.5. The molecule has 2 aromatic rings. The third-order valence-corrected chi connectivity index (χ3v) is 7.03. The summed E-state index contributed by atoms with van der Waals surface area (Å²) in [7, 11) is 0. The van der Waals surface area contributed by atoms with Crippen molar-refractivity contribution in [3.8, 4) is 0 Å². The number of carbonyl (C=O) groups is 2. The average molecular weight is 482 g/mol. The summed E-state index contributed by atoms with van der Waals surface area (Å²) < 4.78 is 18.9. The normalized spacial score (nSPS) is 17.4. The fourth-order valence-corrected chi connectivity index (χ4v) is 5.24. The smallest absolute Gasteiger partial charge is 0.408 e. The van der Waals surface area contributed by atoms with Gasteiger partial charge in [0, 0.05) is 24.8 Å². The maximum Gasteiger partial charge on any atom is 0.408 e. The number of carbonyl (C=O) groups excluding carboxylic acids is 2. The third-order valence-electron chi connectivity index (χ3n) is 7.03. The number of nitrogens with one attached hydrogen (secondary N) is 2. The van der Waals surface area contributed by atoms with Crippen LogP contribution in [0.2, 0.25) is 0 Å². The second-order valence-corrected chi connectivity index (χ2v) is 9.88. The van der Waals surface area contributed by atoms with Crippen LogP contribution in [-0.2, 0) is 22.6 Å². The molecule has 188 valence electrons. The number of nitrogens with zero attached hydrogens (tertiary/aromatic N) is 1. The van der Waals surface area contributed by atoms with E-state index in [-0.39, 0.29) is 24.4 Å². The summed E-state index contributed by atoms with van der Waals surface area (Å²) >= 11 is 0. The number of amides is 2. The van der Waals surface area contributed by atoms with Crippen LogP contribution in [0.4, 0.5) is 14.9 Å². The standard InChI is InChI=1S/C28H36FN3O3/c1-20(18-32-15-14-23-17-24(29)12-13-26(23)32)30-27(33)25(16-21-8-4-2-5-9-21)31-28(34)35-19-22-10-6-3-7-11-22/h3,6-7,10-13,17,20-21,25H,2,4-5,8-9,14-16,18-19H2,1H3,(H,30,33)(H,31,34)/t20-,25?/m0/s1. The second-order valence-electron chi connectivity index (χ2n) is 9.88. The van der Waals surface area contributed by atoms with Gasteiger partial charge in [0.05, 0.1) is 0 Å². The van der Waals surface area contributed by atoms with Crippen molar-refractivity contribution in [1.29, 1.82) is 0 Å². The van der Waals surface area contributed by atoms with Gasteiger partial charge in [0.1, 0.15) is 18.5 Å². The summed E-state index contributed by atoms with van der Waals surface area (Å²) in [5.41, 5.74) is 2.92. The Kier molecular flexibility index (Phi) is 8.61. The number of fused-ring (bicyclic) bond motifs is 1. The van der Waals surface area contributed by atoms with E-state index in [1.54, 1.807) is 6.07 Å². The van der Waals surface area contributed by atoms with Gasteiger partial charge < -0.3 is 20.3 Å². The Hall–Kier alpha value is -3.09. The molecule has 0 saturated heterocycles. The predicted molar refractivity (Wildman–Crippen MR) is 135 cm³/mol. The van der Waals surface area contributed by atoms with Crippen molar-refractivity contribution in [3.63, 3.8) is 0 Å². The molecule has 7 heteroatoms. The van der Waals surface area contributed by atoms with Crippen LogP contribution in [0.1, 0.15) is 56.6 Å². The van der Waals surface area contributed by atoms with E-state index in [1.807, 2.05) is 43.3 Å². The largest absolute Gasteiger partial charge is 0.445 e. The van der Waals surface area contributed by atoms with Gasteiger partial charge in [0.2, 0.25) is 5.91 Å². The first-order valence-corrected chi connectivity index (χ1v) is 12.8. The molecule has 1 unspecified atom stereocenters. The minimum absolute atomic E-state index is 0.130. The van der Waals surface area contributed by atoms with Crippen LogP contribution in [-0.4, -0.2) is 37.2 Å². The van der Waals surface area contributed by atoms with Gasteiger partial charge in [0.25, 0.3) is 0 Å². The van der Waals surface area contributed by atoms with Crippen LogP contribution in [0.3, 0.4) is 0 Å². The number of benzene rings is 2. The summed E-state index contributed by atoms with van der Waals surface area (Å²) in [5.74, 6) is 0.0191. The van der Waals surface area contributed by atoms with E-state index < -0.39 is 12.1 Å². The lowest BCUT2D eigenvalue weighted by molar-refractivity contribution is -0.124. The first-order chi connectivity index (χ1) is 17.0. The van der Waals surface area contributed by atoms with E-state index in [4.69, 9.17) is 4.74 Å². The molecule has 2 aromatic carbocycles. The average Bonchev–Trinajstić information content (AvgIpc) is 3.25. The molecule has 2 amide bonds. The highest BCUT2D eigenvalue weighted by atomic mass is 19.1. The predicted octanol–water partition coefficient (Wildman–Crippen LogP) is 4.96. The van der Waals surface area contributed by atoms with Crippen molar-refractivity contribution in [2.75, 3.05) is 18.0 Å². The fraction of sp³-hybridized carbons (Fsp3) is 0.500. The van der Waals surface area contributed by atoms with E-state index in [0.29, 0.717) is 18.9 Å². The molecule has 2 N–H and O–H groups in total. The number of hydrogen-bond acceptors (Lipinski definition) is 4. The van der Waals surface area contributed by atoms with E-state index in [0.717, 1.165) is 42.6 Å². The van der Waals surface area contributed by atoms with Gasteiger partial charge >= 0.3 is 6.09 Å². The first kappa shape index (κ1) is 25.0.